The second-order valence-electron chi connectivity index (χ2n) is 10.7. The van der Waals surface area contributed by atoms with Crippen molar-refractivity contribution in [2.24, 2.45) is 5.92 Å². The van der Waals surface area contributed by atoms with Gasteiger partial charge in [0, 0.05) is 16.9 Å². The number of hydrogen-bond donors (Lipinski definition) is 1. The zero-order valence-electron chi connectivity index (χ0n) is 22.0. The van der Waals surface area contributed by atoms with Crippen LogP contribution in [-0.2, 0) is 16.6 Å². The molecule has 0 saturated carbocycles. The molecule has 198 valence electrons. The number of carbonyl (C=O) groups is 3. The molecule has 0 bridgehead atoms. The van der Waals surface area contributed by atoms with E-state index in [9.17, 15) is 14.4 Å². The summed E-state index contributed by atoms with van der Waals surface area (Å²) in [4.78, 5) is 46.2. The van der Waals surface area contributed by atoms with Crippen LogP contribution in [0.1, 0.15) is 50.1 Å². The molecule has 7 rings (SSSR count). The Balaban J connectivity index is 1.50. The number of rotatable bonds is 6. The molecular formula is C34H28N2O3S. The maximum absolute atomic E-state index is 14.8. The molecule has 4 atom stereocenters. The highest BCUT2D eigenvalue weighted by Gasteiger charge is 2.70. The van der Waals surface area contributed by atoms with Crippen molar-refractivity contribution < 1.29 is 14.4 Å². The van der Waals surface area contributed by atoms with E-state index < -0.39 is 23.4 Å². The third kappa shape index (κ3) is 3.42. The predicted molar refractivity (Wildman–Crippen MR) is 159 cm³/mol. The van der Waals surface area contributed by atoms with Gasteiger partial charge in [0.2, 0.25) is 5.91 Å². The Labute approximate surface area is 237 Å². The Kier molecular flexibility index (Phi) is 5.82. The highest BCUT2D eigenvalue weighted by Crippen LogP contribution is 2.58. The van der Waals surface area contributed by atoms with Crippen LogP contribution < -0.4 is 10.2 Å². The van der Waals surface area contributed by atoms with E-state index in [-0.39, 0.29) is 17.5 Å². The number of nitrogens with one attached hydrogen (secondary N) is 1. The van der Waals surface area contributed by atoms with Gasteiger partial charge in [-0.2, -0.15) is 0 Å². The summed E-state index contributed by atoms with van der Waals surface area (Å²) in [5.74, 6) is -1.51. The van der Waals surface area contributed by atoms with Crippen LogP contribution in [0.5, 0.6) is 0 Å². The number of amides is 1. The SMILES string of the molecule is CCCc1ccc(C(=O)C2C(C(=O)c3cccs3)N3c4ccccc4C=CC3C23C(=O)Nc2ccccc23)cc1. The molecule has 6 heteroatoms. The van der Waals surface area contributed by atoms with Crippen LogP contribution in [0, 0.1) is 5.92 Å². The fourth-order valence-corrected chi connectivity index (χ4v) is 7.69. The highest BCUT2D eigenvalue weighted by atomic mass is 32.1. The van der Waals surface area contributed by atoms with Crippen molar-refractivity contribution in [2.45, 2.75) is 37.3 Å². The lowest BCUT2D eigenvalue weighted by Crippen LogP contribution is -2.51. The van der Waals surface area contributed by atoms with Crippen LogP contribution in [0.2, 0.25) is 0 Å². The van der Waals surface area contributed by atoms with Crippen LogP contribution >= 0.6 is 11.3 Å². The molecule has 1 aromatic heterocycles. The molecule has 3 aromatic carbocycles. The van der Waals surface area contributed by atoms with Crippen LogP contribution in [0.3, 0.4) is 0 Å². The molecule has 1 fully saturated rings. The van der Waals surface area contributed by atoms with E-state index in [0.717, 1.165) is 35.2 Å². The van der Waals surface area contributed by atoms with Crippen molar-refractivity contribution >= 4 is 46.3 Å². The third-order valence-electron chi connectivity index (χ3n) is 8.63. The molecule has 0 aliphatic carbocycles. The third-order valence-corrected chi connectivity index (χ3v) is 9.52. The predicted octanol–water partition coefficient (Wildman–Crippen LogP) is 6.56. The molecule has 3 aliphatic heterocycles. The van der Waals surface area contributed by atoms with Gasteiger partial charge in [0.1, 0.15) is 11.5 Å². The molecule has 4 aromatic rings. The first-order valence-electron chi connectivity index (χ1n) is 13.7. The van der Waals surface area contributed by atoms with Gasteiger partial charge in [0.25, 0.3) is 0 Å². The minimum absolute atomic E-state index is 0.139. The van der Waals surface area contributed by atoms with Gasteiger partial charge in [-0.3, -0.25) is 14.4 Å². The Bertz CT molecular complexity index is 1670. The molecule has 4 unspecified atom stereocenters. The van der Waals surface area contributed by atoms with Crippen molar-refractivity contribution in [3.05, 3.63) is 124 Å². The number of ketones is 2. The summed E-state index contributed by atoms with van der Waals surface area (Å²) in [7, 11) is 0. The molecular weight excluding hydrogens is 516 g/mol. The summed E-state index contributed by atoms with van der Waals surface area (Å²) in [6.07, 6.45) is 5.96. The van der Waals surface area contributed by atoms with E-state index in [4.69, 9.17) is 0 Å². The number of fused-ring (bicyclic) bond motifs is 6. The minimum atomic E-state index is -1.28. The maximum atomic E-state index is 14.8. The summed E-state index contributed by atoms with van der Waals surface area (Å²) in [6, 6.07) is 25.4. The fourth-order valence-electron chi connectivity index (χ4n) is 6.99. The summed E-state index contributed by atoms with van der Waals surface area (Å²) < 4.78 is 0. The lowest BCUT2D eigenvalue weighted by Gasteiger charge is -2.37. The number of carbonyl (C=O) groups excluding carboxylic acids is 3. The molecule has 4 heterocycles. The van der Waals surface area contributed by atoms with Crippen molar-refractivity contribution in [3.63, 3.8) is 0 Å². The zero-order chi connectivity index (χ0) is 27.4. The fraction of sp³-hybridized carbons (Fsp3) is 0.206. The second kappa shape index (κ2) is 9.42. The van der Waals surface area contributed by atoms with Gasteiger partial charge in [-0.1, -0.05) is 92.2 Å². The van der Waals surface area contributed by atoms with E-state index in [1.54, 1.807) is 0 Å². The van der Waals surface area contributed by atoms with Crippen LogP contribution in [0.15, 0.2) is 96.4 Å². The van der Waals surface area contributed by atoms with Gasteiger partial charge in [-0.15, -0.1) is 11.3 Å². The first-order chi connectivity index (χ1) is 19.6. The molecule has 1 spiro atoms. The number of aryl methyl sites for hydroxylation is 1. The van der Waals surface area contributed by atoms with Crippen molar-refractivity contribution in [3.8, 4) is 0 Å². The molecule has 1 N–H and O–H groups in total. The van der Waals surface area contributed by atoms with Gasteiger partial charge >= 0.3 is 0 Å². The summed E-state index contributed by atoms with van der Waals surface area (Å²) in [5, 5.41) is 4.96. The average Bonchev–Trinajstić information content (AvgIpc) is 3.70. The van der Waals surface area contributed by atoms with Gasteiger partial charge < -0.3 is 10.2 Å². The lowest BCUT2D eigenvalue weighted by atomic mass is 9.64. The lowest BCUT2D eigenvalue weighted by molar-refractivity contribution is -0.121. The second-order valence-corrected chi connectivity index (χ2v) is 11.7. The Morgan fingerprint density at radius 3 is 2.48 bits per heavy atom. The highest BCUT2D eigenvalue weighted by molar-refractivity contribution is 7.12. The topological polar surface area (TPSA) is 66.5 Å². The molecule has 5 nitrogen and oxygen atoms in total. The van der Waals surface area contributed by atoms with Gasteiger partial charge in [-0.05, 0) is 46.7 Å². The Morgan fingerprint density at radius 1 is 0.925 bits per heavy atom. The average molecular weight is 545 g/mol. The number of thiophene rings is 1. The zero-order valence-corrected chi connectivity index (χ0v) is 22.9. The molecule has 0 radical (unpaired) electrons. The first-order valence-corrected chi connectivity index (χ1v) is 14.6. The van der Waals surface area contributed by atoms with Crippen molar-refractivity contribution in [1.82, 2.24) is 0 Å². The molecule has 40 heavy (non-hydrogen) atoms. The standard InChI is InChI=1S/C34H28N2O3S/c1-2-8-21-14-16-23(17-15-21)31(37)29-30(32(38)27-13-7-20-40-27)36-26-12-6-3-9-22(26)18-19-28(36)34(29)24-10-4-5-11-25(24)35-33(34)39/h3-7,9-20,28-30H,2,8H2,1H3,(H,35,39). The number of anilines is 2. The molecule has 3 aliphatic rings. The number of benzene rings is 3. The van der Waals surface area contributed by atoms with Crippen molar-refractivity contribution in [2.75, 3.05) is 10.2 Å². The van der Waals surface area contributed by atoms with Crippen LogP contribution in [0.4, 0.5) is 11.4 Å². The van der Waals surface area contributed by atoms with Crippen LogP contribution in [-0.4, -0.2) is 29.6 Å². The Morgan fingerprint density at radius 2 is 1.70 bits per heavy atom. The number of Topliss-reactive ketones (excluding diaryl/α,β-unsaturated/α-hetero) is 2. The number of hydrogen-bond acceptors (Lipinski definition) is 5. The molecule has 1 saturated heterocycles. The van der Waals surface area contributed by atoms with Gasteiger partial charge in [-0.25, -0.2) is 0 Å². The van der Waals surface area contributed by atoms with E-state index in [1.807, 2.05) is 107 Å². The Hall–Kier alpha value is -4.29. The first kappa shape index (κ1) is 24.7. The quantitative estimate of drug-likeness (QED) is 0.279. The smallest absolute Gasteiger partial charge is 0.238 e. The minimum Gasteiger partial charge on any atom is -0.352 e. The van der Waals surface area contributed by atoms with Crippen molar-refractivity contribution in [1.29, 1.82) is 0 Å². The maximum Gasteiger partial charge on any atom is 0.238 e. The van der Waals surface area contributed by atoms with Gasteiger partial charge in [0.15, 0.2) is 11.6 Å². The summed E-state index contributed by atoms with van der Waals surface area (Å²) in [5.41, 5.74) is 3.67. The molecule has 1 amide bonds. The normalized spacial score (nSPS) is 24.0. The summed E-state index contributed by atoms with van der Waals surface area (Å²) >= 11 is 1.37. The van der Waals surface area contributed by atoms with E-state index in [2.05, 4.69) is 12.2 Å². The largest absolute Gasteiger partial charge is 0.352 e. The van der Waals surface area contributed by atoms with Gasteiger partial charge in [0.05, 0.1) is 16.8 Å². The van der Waals surface area contributed by atoms with E-state index in [0.29, 0.717) is 16.1 Å². The number of para-hydroxylation sites is 2. The number of nitrogens with zero attached hydrogens (tertiary/aromatic N) is 1. The summed E-state index contributed by atoms with van der Waals surface area (Å²) in [6.45, 7) is 2.12. The van der Waals surface area contributed by atoms with Crippen LogP contribution in [0.25, 0.3) is 6.08 Å². The monoisotopic (exact) mass is 544 g/mol. The van der Waals surface area contributed by atoms with E-state index in [1.165, 1.54) is 11.3 Å². The van der Waals surface area contributed by atoms with E-state index >= 15 is 0 Å².